The van der Waals surface area contributed by atoms with Gasteiger partial charge >= 0.3 is 0 Å². The SMILES string of the molecule is C1=Cc2ccccc2C1.c1ccc2ccccc2c1.c1ccccc1. The van der Waals surface area contributed by atoms with E-state index >= 15 is 0 Å². The molecule has 0 aromatic heterocycles. The van der Waals surface area contributed by atoms with Gasteiger partial charge in [-0.05, 0) is 28.3 Å². The average molecular weight is 322 g/mol. The van der Waals surface area contributed by atoms with Crippen LogP contribution >= 0.6 is 0 Å². The number of rotatable bonds is 0. The maximum Gasteiger partial charge on any atom is -0.00882 e. The number of hydrogen-bond acceptors (Lipinski definition) is 0. The fraction of sp³-hybridized carbons (Fsp3) is 0.0400. The van der Waals surface area contributed by atoms with E-state index in [4.69, 9.17) is 0 Å². The van der Waals surface area contributed by atoms with E-state index in [1.165, 1.54) is 21.9 Å². The Kier molecular flexibility index (Phi) is 6.18. The second-order valence-electron chi connectivity index (χ2n) is 5.81. The first-order valence-corrected chi connectivity index (χ1v) is 8.62. The van der Waals surface area contributed by atoms with Gasteiger partial charge in [-0.1, -0.05) is 121 Å². The van der Waals surface area contributed by atoms with Crippen molar-refractivity contribution in [1.82, 2.24) is 0 Å². The minimum absolute atomic E-state index is 1.12. The van der Waals surface area contributed by atoms with Gasteiger partial charge in [-0.3, -0.25) is 0 Å². The fourth-order valence-electron chi connectivity index (χ4n) is 2.71. The Bertz CT molecular complexity index is 828. The third kappa shape index (κ3) is 5.19. The summed E-state index contributed by atoms with van der Waals surface area (Å²) in [7, 11) is 0. The molecule has 0 fully saturated rings. The zero-order valence-electron chi connectivity index (χ0n) is 14.3. The molecule has 0 amide bonds. The summed E-state index contributed by atoms with van der Waals surface area (Å²) < 4.78 is 0. The molecule has 25 heavy (non-hydrogen) atoms. The molecule has 0 atom stereocenters. The maximum atomic E-state index is 2.20. The van der Waals surface area contributed by atoms with Gasteiger partial charge in [0.1, 0.15) is 0 Å². The van der Waals surface area contributed by atoms with Crippen LogP contribution in [0.5, 0.6) is 0 Å². The van der Waals surface area contributed by atoms with Crippen LogP contribution in [-0.4, -0.2) is 0 Å². The summed E-state index contributed by atoms with van der Waals surface area (Å²) in [4.78, 5) is 0. The highest BCUT2D eigenvalue weighted by molar-refractivity contribution is 5.82. The van der Waals surface area contributed by atoms with Crippen molar-refractivity contribution in [3.63, 3.8) is 0 Å². The van der Waals surface area contributed by atoms with Crippen molar-refractivity contribution in [3.05, 3.63) is 126 Å². The maximum absolute atomic E-state index is 2.20. The molecule has 1 aliphatic rings. The summed E-state index contributed by atoms with van der Waals surface area (Å²) in [6.07, 6.45) is 5.50. The van der Waals surface area contributed by atoms with E-state index in [1.54, 1.807) is 0 Å². The van der Waals surface area contributed by atoms with Crippen molar-refractivity contribution in [2.75, 3.05) is 0 Å². The van der Waals surface area contributed by atoms with E-state index in [0.717, 1.165) is 6.42 Å². The molecule has 0 N–H and O–H groups in total. The van der Waals surface area contributed by atoms with Gasteiger partial charge in [0.25, 0.3) is 0 Å². The molecule has 0 bridgehead atoms. The third-order valence-electron chi connectivity index (χ3n) is 4.02. The first kappa shape index (κ1) is 16.7. The Morgan fingerprint density at radius 3 is 1.36 bits per heavy atom. The Morgan fingerprint density at radius 1 is 0.440 bits per heavy atom. The summed E-state index contributed by atoms with van der Waals surface area (Å²) in [6.45, 7) is 0. The van der Waals surface area contributed by atoms with Crippen LogP contribution < -0.4 is 0 Å². The Labute approximate surface area is 150 Å². The molecule has 0 heterocycles. The number of hydrogen-bond donors (Lipinski definition) is 0. The highest BCUT2D eigenvalue weighted by atomic mass is 14.0. The van der Waals surface area contributed by atoms with Crippen LogP contribution in [0.4, 0.5) is 0 Å². The van der Waals surface area contributed by atoms with E-state index in [9.17, 15) is 0 Å². The van der Waals surface area contributed by atoms with Crippen LogP contribution in [-0.2, 0) is 6.42 Å². The van der Waals surface area contributed by atoms with E-state index < -0.39 is 0 Å². The topological polar surface area (TPSA) is 0 Å². The first-order valence-electron chi connectivity index (χ1n) is 8.62. The lowest BCUT2D eigenvalue weighted by Gasteiger charge is -1.93. The van der Waals surface area contributed by atoms with Crippen molar-refractivity contribution in [1.29, 1.82) is 0 Å². The van der Waals surface area contributed by atoms with Crippen molar-refractivity contribution in [2.24, 2.45) is 0 Å². The van der Waals surface area contributed by atoms with Gasteiger partial charge in [0.05, 0.1) is 0 Å². The third-order valence-corrected chi connectivity index (χ3v) is 4.02. The van der Waals surface area contributed by atoms with E-state index in [0.29, 0.717) is 0 Å². The van der Waals surface area contributed by atoms with Crippen molar-refractivity contribution >= 4 is 16.8 Å². The lowest BCUT2D eigenvalue weighted by molar-refractivity contribution is 1.31. The van der Waals surface area contributed by atoms with Crippen LogP contribution in [0, 0.1) is 0 Å². The van der Waals surface area contributed by atoms with Crippen molar-refractivity contribution in [2.45, 2.75) is 6.42 Å². The zero-order valence-corrected chi connectivity index (χ0v) is 14.3. The highest BCUT2D eigenvalue weighted by Crippen LogP contribution is 2.17. The molecular formula is C25H22. The van der Waals surface area contributed by atoms with Gasteiger partial charge in [-0.15, -0.1) is 0 Å². The molecule has 122 valence electrons. The monoisotopic (exact) mass is 322 g/mol. The van der Waals surface area contributed by atoms with Gasteiger partial charge in [0.2, 0.25) is 0 Å². The van der Waals surface area contributed by atoms with E-state index in [2.05, 4.69) is 84.9 Å². The highest BCUT2D eigenvalue weighted by Gasteiger charge is 2.00. The molecule has 0 spiro atoms. The van der Waals surface area contributed by atoms with Gasteiger partial charge < -0.3 is 0 Å². The molecule has 0 nitrogen and oxygen atoms in total. The predicted molar refractivity (Wildman–Crippen MR) is 110 cm³/mol. The smallest absolute Gasteiger partial charge is 0.00882 e. The number of fused-ring (bicyclic) bond motifs is 2. The summed E-state index contributed by atoms with van der Waals surface area (Å²) in [5.74, 6) is 0. The van der Waals surface area contributed by atoms with E-state index in [-0.39, 0.29) is 0 Å². The number of benzene rings is 4. The van der Waals surface area contributed by atoms with Crippen LogP contribution in [0.1, 0.15) is 11.1 Å². The second-order valence-corrected chi connectivity index (χ2v) is 5.81. The van der Waals surface area contributed by atoms with Crippen molar-refractivity contribution in [3.8, 4) is 0 Å². The molecule has 0 heteroatoms. The van der Waals surface area contributed by atoms with Crippen LogP contribution in [0.2, 0.25) is 0 Å². The minimum Gasteiger partial charge on any atom is -0.0795 e. The fourth-order valence-corrected chi connectivity index (χ4v) is 2.71. The molecule has 4 aromatic rings. The predicted octanol–water partition coefficient (Wildman–Crippen LogP) is 6.78. The second kappa shape index (κ2) is 9.24. The standard InChI is InChI=1S/C10H8.C9H8.C6H6/c1-2-6-10-8-4-3-7-9(10)5-1;1-2-5-9-7-3-6-8(9)4-1;1-2-4-6-5-3-1/h1-8H;1-6H,7H2;1-6H. The molecular weight excluding hydrogens is 300 g/mol. The molecule has 1 aliphatic carbocycles. The zero-order chi connectivity index (χ0) is 17.2. The average Bonchev–Trinajstić information content (AvgIpc) is 3.19. The normalized spacial score (nSPS) is 10.9. The quantitative estimate of drug-likeness (QED) is 0.334. The molecule has 4 aromatic carbocycles. The largest absolute Gasteiger partial charge is 0.0795 e. The van der Waals surface area contributed by atoms with Gasteiger partial charge in [0, 0.05) is 0 Å². The minimum atomic E-state index is 1.12. The van der Waals surface area contributed by atoms with Crippen LogP contribution in [0.25, 0.3) is 16.8 Å². The lowest BCUT2D eigenvalue weighted by atomic mass is 10.1. The number of allylic oxidation sites excluding steroid dienone is 1. The van der Waals surface area contributed by atoms with E-state index in [1.807, 2.05) is 36.4 Å². The molecule has 5 rings (SSSR count). The molecule has 0 saturated heterocycles. The van der Waals surface area contributed by atoms with Crippen LogP contribution in [0.15, 0.2) is 115 Å². The lowest BCUT2D eigenvalue weighted by Crippen LogP contribution is -1.76. The van der Waals surface area contributed by atoms with Gasteiger partial charge in [-0.25, -0.2) is 0 Å². The summed E-state index contributed by atoms with van der Waals surface area (Å²) in [6, 6.07) is 37.2. The van der Waals surface area contributed by atoms with Gasteiger partial charge in [0.15, 0.2) is 0 Å². The first-order chi connectivity index (χ1) is 12.4. The Balaban J connectivity index is 0.000000113. The van der Waals surface area contributed by atoms with Crippen molar-refractivity contribution < 1.29 is 0 Å². The molecule has 0 saturated carbocycles. The molecule has 0 radical (unpaired) electrons. The summed E-state index contributed by atoms with van der Waals surface area (Å²) >= 11 is 0. The Hall–Kier alpha value is -3.12. The summed E-state index contributed by atoms with van der Waals surface area (Å²) in [5, 5.41) is 2.62. The van der Waals surface area contributed by atoms with Crippen LogP contribution in [0.3, 0.4) is 0 Å². The summed E-state index contributed by atoms with van der Waals surface area (Å²) in [5.41, 5.74) is 2.84. The molecule has 0 unspecified atom stereocenters. The Morgan fingerprint density at radius 2 is 0.880 bits per heavy atom. The molecule has 0 aliphatic heterocycles. The van der Waals surface area contributed by atoms with Gasteiger partial charge in [-0.2, -0.15) is 0 Å².